The summed E-state index contributed by atoms with van der Waals surface area (Å²) in [6, 6.07) is 0. The highest BCUT2D eigenvalue weighted by Crippen LogP contribution is 2.23. The number of rotatable bonds is 2. The molecular formula is C8H18Cl7NO3. The summed E-state index contributed by atoms with van der Waals surface area (Å²) >= 11 is 0. The van der Waals surface area contributed by atoms with Crippen LogP contribution in [0.4, 0.5) is 0 Å². The third-order valence-electron chi connectivity index (χ3n) is 1.76. The minimum Gasteiger partial charge on any atom is -0.506 e. The summed E-state index contributed by atoms with van der Waals surface area (Å²) in [5.41, 5.74) is 1.27. The number of aliphatic hydroxyl groups is 2. The Labute approximate surface area is 155 Å². The summed E-state index contributed by atoms with van der Waals surface area (Å²) in [5, 5.41) is 27.0. The fourth-order valence-electron chi connectivity index (χ4n) is 0.997. The van der Waals surface area contributed by atoms with Crippen LogP contribution in [0, 0.1) is 6.92 Å². The molecule has 0 aliphatic rings. The number of halogens is 7. The molecule has 0 aliphatic carbocycles. The maximum absolute atomic E-state index is 9.38. The number of aromatic nitrogens is 1. The molecule has 0 saturated heterocycles. The predicted molar refractivity (Wildman–Crippen MR) is 93.2 cm³/mol. The van der Waals surface area contributed by atoms with E-state index in [0.717, 1.165) is 0 Å². The molecule has 0 aliphatic heterocycles. The minimum atomic E-state index is -0.287. The van der Waals surface area contributed by atoms with Crippen molar-refractivity contribution >= 4 is 86.8 Å². The Hall–Kier alpha value is 0.900. The van der Waals surface area contributed by atoms with Crippen molar-refractivity contribution < 1.29 is 15.3 Å². The molecule has 0 saturated carbocycles. The van der Waals surface area contributed by atoms with Crippen LogP contribution in [-0.2, 0) is 13.2 Å². The van der Waals surface area contributed by atoms with E-state index in [1.807, 2.05) is 0 Å². The lowest BCUT2D eigenvalue weighted by Crippen LogP contribution is -1.98. The summed E-state index contributed by atoms with van der Waals surface area (Å²) < 4.78 is 0. The highest BCUT2D eigenvalue weighted by atomic mass is 35.5. The first-order valence-corrected chi connectivity index (χ1v) is 3.58. The van der Waals surface area contributed by atoms with Crippen LogP contribution in [0.1, 0.15) is 16.8 Å². The van der Waals surface area contributed by atoms with Crippen LogP contribution >= 0.6 is 86.8 Å². The Morgan fingerprint density at radius 3 is 1.63 bits per heavy atom. The summed E-state index contributed by atoms with van der Waals surface area (Å²) in [6.45, 7) is 1.12. The number of pyridine rings is 1. The van der Waals surface area contributed by atoms with Crippen molar-refractivity contribution in [3.05, 3.63) is 23.0 Å². The molecule has 1 rings (SSSR count). The van der Waals surface area contributed by atoms with Crippen molar-refractivity contribution in [2.45, 2.75) is 20.1 Å². The van der Waals surface area contributed by atoms with Gasteiger partial charge in [0.05, 0.1) is 18.9 Å². The molecule has 4 nitrogen and oxygen atoms in total. The number of aliphatic hydroxyl groups excluding tert-OH is 2. The number of nitrogens with zero attached hydrogens (tertiary/aromatic N) is 1. The van der Waals surface area contributed by atoms with Crippen molar-refractivity contribution in [2.75, 3.05) is 0 Å². The fourth-order valence-corrected chi connectivity index (χ4v) is 0.997. The molecule has 0 unspecified atom stereocenters. The maximum Gasteiger partial charge on any atom is 0.142 e. The van der Waals surface area contributed by atoms with Crippen LogP contribution in [0.25, 0.3) is 0 Å². The van der Waals surface area contributed by atoms with Gasteiger partial charge in [0.25, 0.3) is 0 Å². The molecule has 122 valence electrons. The molecule has 0 atom stereocenters. The second-order valence-electron chi connectivity index (χ2n) is 2.51. The molecule has 19 heavy (non-hydrogen) atoms. The highest BCUT2D eigenvalue weighted by Gasteiger charge is 2.09. The van der Waals surface area contributed by atoms with E-state index >= 15 is 0 Å². The Bertz CT molecular complexity index is 304. The van der Waals surface area contributed by atoms with Crippen molar-refractivity contribution in [2.24, 2.45) is 0 Å². The first-order valence-electron chi connectivity index (χ1n) is 3.58. The molecule has 1 heterocycles. The first-order chi connectivity index (χ1) is 5.70. The first kappa shape index (κ1) is 42.7. The summed E-state index contributed by atoms with van der Waals surface area (Å²) in [4.78, 5) is 3.84. The second-order valence-corrected chi connectivity index (χ2v) is 2.51. The van der Waals surface area contributed by atoms with Crippen LogP contribution in [0.15, 0.2) is 6.20 Å². The Morgan fingerprint density at radius 1 is 0.895 bits per heavy atom. The van der Waals surface area contributed by atoms with E-state index in [-0.39, 0.29) is 106 Å². The van der Waals surface area contributed by atoms with Gasteiger partial charge in [0.1, 0.15) is 5.75 Å². The van der Waals surface area contributed by atoms with Gasteiger partial charge in [0.15, 0.2) is 0 Å². The molecule has 0 bridgehead atoms. The fraction of sp³-hybridized carbons (Fsp3) is 0.375. The van der Waals surface area contributed by atoms with Crippen LogP contribution in [0.2, 0.25) is 0 Å². The van der Waals surface area contributed by atoms with Crippen LogP contribution in [-0.4, -0.2) is 20.3 Å². The Balaban J connectivity index is -0.0000000411. The van der Waals surface area contributed by atoms with Gasteiger partial charge in [-0.2, -0.15) is 0 Å². The average Bonchev–Trinajstić information content (AvgIpc) is 2.09. The van der Waals surface area contributed by atoms with Gasteiger partial charge in [-0.3, -0.25) is 4.98 Å². The summed E-state index contributed by atoms with van der Waals surface area (Å²) in [5.74, 6) is -0.0379. The van der Waals surface area contributed by atoms with Gasteiger partial charge in [0, 0.05) is 17.3 Å². The minimum absolute atomic E-state index is 0. The standard InChI is InChI=1S/C8H11NO3.7ClH/c1-5-8(12)7(4-11)6(3-10)2-9-5;;;;;;;/h2,10-12H,3-4H2,1H3;7*1H. The van der Waals surface area contributed by atoms with E-state index in [9.17, 15) is 5.11 Å². The smallest absolute Gasteiger partial charge is 0.142 e. The van der Waals surface area contributed by atoms with Gasteiger partial charge >= 0.3 is 0 Å². The van der Waals surface area contributed by atoms with Crippen LogP contribution < -0.4 is 0 Å². The van der Waals surface area contributed by atoms with E-state index in [2.05, 4.69) is 4.98 Å². The van der Waals surface area contributed by atoms with Gasteiger partial charge in [-0.05, 0) is 6.92 Å². The van der Waals surface area contributed by atoms with Crippen LogP contribution in [0.3, 0.4) is 0 Å². The monoisotopic (exact) mass is 421 g/mol. The number of hydrogen-bond donors (Lipinski definition) is 3. The molecule has 1 aromatic rings. The van der Waals surface area contributed by atoms with E-state index in [4.69, 9.17) is 10.2 Å². The largest absolute Gasteiger partial charge is 0.506 e. The number of aryl methyl sites for hydroxylation is 1. The van der Waals surface area contributed by atoms with Gasteiger partial charge in [-0.1, -0.05) is 0 Å². The predicted octanol–water partition coefficient (Wildman–Crippen LogP) is 3.03. The lowest BCUT2D eigenvalue weighted by atomic mass is 10.1. The van der Waals surface area contributed by atoms with E-state index in [1.165, 1.54) is 6.20 Å². The molecule has 0 aromatic carbocycles. The summed E-state index contributed by atoms with van der Waals surface area (Å²) in [6.07, 6.45) is 1.45. The van der Waals surface area contributed by atoms with Gasteiger partial charge < -0.3 is 15.3 Å². The van der Waals surface area contributed by atoms with Crippen molar-refractivity contribution in [1.29, 1.82) is 0 Å². The molecule has 0 radical (unpaired) electrons. The highest BCUT2D eigenvalue weighted by molar-refractivity contribution is 5.86. The topological polar surface area (TPSA) is 73.6 Å². The average molecular weight is 424 g/mol. The van der Waals surface area contributed by atoms with Gasteiger partial charge in [-0.25, -0.2) is 0 Å². The molecule has 0 spiro atoms. The lowest BCUT2D eigenvalue weighted by Gasteiger charge is -2.07. The van der Waals surface area contributed by atoms with Crippen LogP contribution in [0.5, 0.6) is 5.75 Å². The molecule has 1 aromatic heterocycles. The zero-order chi connectivity index (χ0) is 9.14. The molecular weight excluding hydrogens is 406 g/mol. The summed E-state index contributed by atoms with van der Waals surface area (Å²) in [7, 11) is 0. The Morgan fingerprint density at radius 2 is 1.32 bits per heavy atom. The zero-order valence-corrected chi connectivity index (χ0v) is 15.4. The van der Waals surface area contributed by atoms with Gasteiger partial charge in [-0.15, -0.1) is 86.8 Å². The quantitative estimate of drug-likeness (QED) is 0.683. The van der Waals surface area contributed by atoms with E-state index in [1.54, 1.807) is 6.92 Å². The third kappa shape index (κ3) is 11.3. The molecule has 0 amide bonds. The number of aromatic hydroxyl groups is 1. The molecule has 0 fully saturated rings. The molecule has 3 N–H and O–H groups in total. The SMILES string of the molecule is Cc1ncc(CO)c(CO)c1O.Cl.Cl.Cl.Cl.Cl.Cl.Cl. The molecule has 11 heteroatoms. The zero-order valence-electron chi connectivity index (χ0n) is 9.64. The maximum atomic E-state index is 9.38. The van der Waals surface area contributed by atoms with E-state index in [0.29, 0.717) is 16.8 Å². The lowest BCUT2D eigenvalue weighted by molar-refractivity contribution is 0.254. The van der Waals surface area contributed by atoms with Gasteiger partial charge in [0.2, 0.25) is 0 Å². The number of hydrogen-bond acceptors (Lipinski definition) is 4. The van der Waals surface area contributed by atoms with Crippen molar-refractivity contribution in [1.82, 2.24) is 4.98 Å². The normalized spacial score (nSPS) is 6.47. The second kappa shape index (κ2) is 21.2. The van der Waals surface area contributed by atoms with Crippen molar-refractivity contribution in [3.8, 4) is 5.75 Å². The third-order valence-corrected chi connectivity index (χ3v) is 1.76. The van der Waals surface area contributed by atoms with E-state index < -0.39 is 0 Å². The van der Waals surface area contributed by atoms with Crippen molar-refractivity contribution in [3.63, 3.8) is 0 Å². The Kier molecular flexibility index (Phi) is 47.7.